The number of aromatic nitrogens is 4. The van der Waals surface area contributed by atoms with E-state index in [1.807, 2.05) is 17.8 Å². The van der Waals surface area contributed by atoms with E-state index < -0.39 is 0 Å². The van der Waals surface area contributed by atoms with E-state index in [2.05, 4.69) is 15.4 Å². The second-order valence-electron chi connectivity index (χ2n) is 7.71. The highest BCUT2D eigenvalue weighted by Crippen LogP contribution is 2.29. The van der Waals surface area contributed by atoms with Crippen molar-refractivity contribution in [2.75, 3.05) is 5.32 Å². The summed E-state index contributed by atoms with van der Waals surface area (Å²) < 4.78 is 23.6. The molecule has 0 atom stereocenters. The number of anilines is 1. The molecule has 1 aliphatic carbocycles. The fourth-order valence-electron chi connectivity index (χ4n) is 3.95. The molecule has 0 saturated carbocycles. The third-order valence-corrected chi connectivity index (χ3v) is 5.63. The van der Waals surface area contributed by atoms with E-state index in [9.17, 15) is 9.18 Å². The minimum atomic E-state index is -0.363. The summed E-state index contributed by atoms with van der Waals surface area (Å²) in [4.78, 5) is 17.2. The van der Waals surface area contributed by atoms with E-state index in [0.29, 0.717) is 29.4 Å². The predicted octanol–water partition coefficient (Wildman–Crippen LogP) is 4.06. The van der Waals surface area contributed by atoms with Crippen LogP contribution in [0.3, 0.4) is 0 Å². The van der Waals surface area contributed by atoms with Crippen LogP contribution in [-0.2, 0) is 26.5 Å². The quantitative estimate of drug-likeness (QED) is 0.500. The van der Waals surface area contributed by atoms with Gasteiger partial charge in [-0.25, -0.2) is 14.1 Å². The van der Waals surface area contributed by atoms with Crippen LogP contribution in [0.4, 0.5) is 10.1 Å². The lowest BCUT2D eigenvalue weighted by atomic mass is 10.2. The normalized spacial score (nSPS) is 12.6. The zero-order valence-electron chi connectivity index (χ0n) is 17.6. The first-order chi connectivity index (χ1) is 15.6. The molecule has 5 rings (SSSR count). The number of rotatable bonds is 6. The highest BCUT2D eigenvalue weighted by Gasteiger charge is 2.27. The molecule has 1 N–H and O–H groups in total. The average molecular weight is 431 g/mol. The molecule has 1 amide bonds. The minimum absolute atomic E-state index is 0.306. The number of halogens is 1. The Morgan fingerprint density at radius 3 is 2.72 bits per heavy atom. The van der Waals surface area contributed by atoms with Crippen LogP contribution in [0, 0.1) is 5.82 Å². The lowest BCUT2D eigenvalue weighted by Crippen LogP contribution is -2.15. The van der Waals surface area contributed by atoms with Crippen molar-refractivity contribution in [3.63, 3.8) is 0 Å². The van der Waals surface area contributed by atoms with Crippen LogP contribution in [0.2, 0.25) is 0 Å². The summed E-state index contributed by atoms with van der Waals surface area (Å²) in [7, 11) is 1.91. The number of nitrogens with one attached hydrogen (secondary N) is 1. The fourth-order valence-corrected chi connectivity index (χ4v) is 3.95. The van der Waals surface area contributed by atoms with Gasteiger partial charge in [-0.05, 0) is 55.7 Å². The largest absolute Gasteiger partial charge is 0.486 e. The summed E-state index contributed by atoms with van der Waals surface area (Å²) in [5.41, 5.74) is 3.13. The molecule has 0 radical (unpaired) electrons. The highest BCUT2D eigenvalue weighted by atomic mass is 19.1. The SMILES string of the molecule is Cn1ccnc1COc1ccc(NC(=O)c2nn(-c3ccccc3F)c3c2CCC3)cc1. The molecule has 0 aliphatic heterocycles. The number of carbonyl (C=O) groups excluding carboxylic acids is 1. The Labute approximate surface area is 184 Å². The third kappa shape index (κ3) is 3.75. The number of aryl methyl sites for hydroxylation is 1. The molecule has 32 heavy (non-hydrogen) atoms. The van der Waals surface area contributed by atoms with Crippen LogP contribution in [0.1, 0.15) is 34.0 Å². The monoisotopic (exact) mass is 431 g/mol. The van der Waals surface area contributed by atoms with Crippen LogP contribution < -0.4 is 10.1 Å². The topological polar surface area (TPSA) is 74.0 Å². The predicted molar refractivity (Wildman–Crippen MR) is 117 cm³/mol. The van der Waals surface area contributed by atoms with Crippen molar-refractivity contribution in [2.24, 2.45) is 7.05 Å². The number of fused-ring (bicyclic) bond motifs is 1. The molecule has 0 spiro atoms. The third-order valence-electron chi connectivity index (χ3n) is 5.63. The van der Waals surface area contributed by atoms with Gasteiger partial charge in [-0.15, -0.1) is 0 Å². The second kappa shape index (κ2) is 8.30. The van der Waals surface area contributed by atoms with Gasteiger partial charge in [0.15, 0.2) is 5.69 Å². The van der Waals surface area contributed by atoms with E-state index in [1.54, 1.807) is 53.3 Å². The van der Waals surface area contributed by atoms with Crippen LogP contribution in [0.25, 0.3) is 5.69 Å². The molecule has 0 saturated heterocycles. The van der Waals surface area contributed by atoms with E-state index >= 15 is 0 Å². The number of benzene rings is 2. The van der Waals surface area contributed by atoms with Crippen LogP contribution in [0.15, 0.2) is 60.9 Å². The number of carbonyl (C=O) groups is 1. The number of nitrogens with zero attached hydrogens (tertiary/aromatic N) is 4. The molecule has 0 fully saturated rings. The second-order valence-corrected chi connectivity index (χ2v) is 7.71. The van der Waals surface area contributed by atoms with E-state index in [4.69, 9.17) is 4.74 Å². The van der Waals surface area contributed by atoms with Gasteiger partial charge in [0.1, 0.15) is 29.7 Å². The van der Waals surface area contributed by atoms with Crippen molar-refractivity contribution >= 4 is 11.6 Å². The van der Waals surface area contributed by atoms with Crippen LogP contribution in [-0.4, -0.2) is 25.2 Å². The Balaban J connectivity index is 1.32. The lowest BCUT2D eigenvalue weighted by molar-refractivity contribution is 0.102. The van der Waals surface area contributed by atoms with Gasteiger partial charge in [0.25, 0.3) is 5.91 Å². The van der Waals surface area contributed by atoms with Crippen LogP contribution in [0.5, 0.6) is 5.75 Å². The summed E-state index contributed by atoms with van der Waals surface area (Å²) in [6, 6.07) is 13.6. The fraction of sp³-hybridized carbons (Fsp3) is 0.208. The van der Waals surface area contributed by atoms with Gasteiger partial charge in [-0.1, -0.05) is 12.1 Å². The summed E-state index contributed by atoms with van der Waals surface area (Å²) in [6.07, 6.45) is 6.03. The van der Waals surface area contributed by atoms with E-state index in [-0.39, 0.29) is 11.7 Å². The van der Waals surface area contributed by atoms with E-state index in [0.717, 1.165) is 36.3 Å². The summed E-state index contributed by atoms with van der Waals surface area (Å²) in [5, 5.41) is 7.37. The molecule has 2 heterocycles. The molecule has 4 aromatic rings. The first-order valence-electron chi connectivity index (χ1n) is 10.5. The molecule has 2 aromatic carbocycles. The Bertz CT molecular complexity index is 1280. The first-order valence-corrected chi connectivity index (χ1v) is 10.5. The maximum absolute atomic E-state index is 14.3. The Morgan fingerprint density at radius 2 is 1.97 bits per heavy atom. The summed E-state index contributed by atoms with van der Waals surface area (Å²) in [6.45, 7) is 0.356. The number of ether oxygens (including phenoxy) is 1. The zero-order chi connectivity index (χ0) is 22.1. The molecule has 0 unspecified atom stereocenters. The van der Waals surface area contributed by atoms with Crippen molar-refractivity contribution in [3.8, 4) is 11.4 Å². The number of para-hydroxylation sites is 1. The average Bonchev–Trinajstić information content (AvgIpc) is 3.51. The lowest BCUT2D eigenvalue weighted by Gasteiger charge is -2.08. The summed E-state index contributed by atoms with van der Waals surface area (Å²) >= 11 is 0. The van der Waals surface area contributed by atoms with Gasteiger partial charge in [0.05, 0.1) is 0 Å². The van der Waals surface area contributed by atoms with Gasteiger partial charge < -0.3 is 14.6 Å². The number of imidazole rings is 1. The summed E-state index contributed by atoms with van der Waals surface area (Å²) in [5.74, 6) is 0.829. The smallest absolute Gasteiger partial charge is 0.276 e. The molecule has 1 aliphatic rings. The molecule has 162 valence electrons. The molecule has 8 heteroatoms. The Hall–Kier alpha value is -3.94. The van der Waals surface area contributed by atoms with Gasteiger partial charge in [0, 0.05) is 36.4 Å². The zero-order valence-corrected chi connectivity index (χ0v) is 17.6. The number of hydrogen-bond acceptors (Lipinski definition) is 4. The van der Waals surface area contributed by atoms with E-state index in [1.165, 1.54) is 6.07 Å². The van der Waals surface area contributed by atoms with Crippen molar-refractivity contribution < 1.29 is 13.9 Å². The van der Waals surface area contributed by atoms with Gasteiger partial charge in [-0.3, -0.25) is 4.79 Å². The van der Waals surface area contributed by atoms with Gasteiger partial charge in [-0.2, -0.15) is 5.10 Å². The number of hydrogen-bond donors (Lipinski definition) is 1. The molecule has 0 bridgehead atoms. The first kappa shape index (κ1) is 20.0. The van der Waals surface area contributed by atoms with Gasteiger partial charge in [0.2, 0.25) is 0 Å². The van der Waals surface area contributed by atoms with Crippen molar-refractivity contribution in [1.82, 2.24) is 19.3 Å². The minimum Gasteiger partial charge on any atom is -0.486 e. The standard InChI is InChI=1S/C24H22FN5O2/c1-29-14-13-26-22(29)15-32-17-11-9-16(10-12-17)27-24(31)23-18-5-4-8-20(18)30(28-23)21-7-3-2-6-19(21)25/h2-3,6-7,9-14H,4-5,8,15H2,1H3,(H,27,31). The molecular weight excluding hydrogens is 409 g/mol. The Kier molecular flexibility index (Phi) is 5.18. The molecule has 2 aromatic heterocycles. The van der Waals surface area contributed by atoms with Crippen molar-refractivity contribution in [2.45, 2.75) is 25.9 Å². The molecule has 7 nitrogen and oxygen atoms in total. The maximum Gasteiger partial charge on any atom is 0.276 e. The van der Waals surface area contributed by atoms with Crippen molar-refractivity contribution in [3.05, 3.63) is 89.5 Å². The van der Waals surface area contributed by atoms with Gasteiger partial charge >= 0.3 is 0 Å². The highest BCUT2D eigenvalue weighted by molar-refractivity contribution is 6.04. The van der Waals surface area contributed by atoms with Crippen LogP contribution >= 0.6 is 0 Å². The number of amides is 1. The van der Waals surface area contributed by atoms with Crippen molar-refractivity contribution in [1.29, 1.82) is 0 Å². The Morgan fingerprint density at radius 1 is 1.16 bits per heavy atom. The molecular formula is C24H22FN5O2. The maximum atomic E-state index is 14.3.